The van der Waals surface area contributed by atoms with Gasteiger partial charge in [0.2, 0.25) is 0 Å². The van der Waals surface area contributed by atoms with Gasteiger partial charge in [0, 0.05) is 11.0 Å². The van der Waals surface area contributed by atoms with Crippen LogP contribution in [-0.2, 0) is 26.2 Å². The van der Waals surface area contributed by atoms with Crippen LogP contribution in [0.5, 0.6) is 0 Å². The molecule has 4 heteroatoms. The second-order valence-electron chi connectivity index (χ2n) is 5.47. The van der Waals surface area contributed by atoms with Crippen molar-refractivity contribution in [3.63, 3.8) is 0 Å². The Balaban J connectivity index is 0.000000436. The Labute approximate surface area is 190 Å². The van der Waals surface area contributed by atoms with E-state index in [1.807, 2.05) is 0 Å². The van der Waals surface area contributed by atoms with Gasteiger partial charge in [0.05, 0.1) is 0 Å². The molecule has 5 aromatic rings. The number of hydrogen-bond acceptors (Lipinski definition) is 0. The molecular weight excluding hydrogens is 454 g/mol. The fourth-order valence-electron chi connectivity index (χ4n) is 2.97. The van der Waals surface area contributed by atoms with E-state index in [0.717, 1.165) is 0 Å². The van der Waals surface area contributed by atoms with Gasteiger partial charge in [-0.3, -0.25) is 0 Å². The number of rotatable bonds is 0. The fourth-order valence-corrected chi connectivity index (χ4v) is 2.97. The largest absolute Gasteiger partial charge is 4.00 e. The first-order valence-corrected chi connectivity index (χ1v) is 7.55. The van der Waals surface area contributed by atoms with Gasteiger partial charge in [0.15, 0.2) is 0 Å². The van der Waals surface area contributed by atoms with Gasteiger partial charge in [0.1, 0.15) is 0 Å². The number of halogens is 2. The monoisotopic (exact) mass is 468 g/mol. The predicted octanol–water partition coefficient (Wildman–Crippen LogP) is -0.105. The normalized spacial score (nSPS) is 9.08. The van der Waals surface area contributed by atoms with Crippen LogP contribution >= 0.6 is 0 Å². The maximum Gasteiger partial charge on any atom is 4.00 e. The van der Waals surface area contributed by atoms with Crippen molar-refractivity contribution in [1.82, 2.24) is 0 Å². The van der Waals surface area contributed by atoms with Crippen LogP contribution in [0.3, 0.4) is 0 Å². The molecule has 126 valence electrons. The van der Waals surface area contributed by atoms with Crippen molar-refractivity contribution in [2.45, 2.75) is 0 Å². The summed E-state index contributed by atoms with van der Waals surface area (Å²) in [6.45, 7) is 0. The van der Waals surface area contributed by atoms with Gasteiger partial charge < -0.3 is 24.8 Å². The van der Waals surface area contributed by atoms with E-state index in [0.29, 0.717) is 0 Å². The Morgan fingerprint density at radius 3 is 1.54 bits per heavy atom. The smallest absolute Gasteiger partial charge is 1.00 e. The summed E-state index contributed by atoms with van der Waals surface area (Å²) in [5, 5.41) is 8.05. The summed E-state index contributed by atoms with van der Waals surface area (Å²) in [4.78, 5) is 0. The molecule has 0 N–H and O–H groups in total. The summed E-state index contributed by atoms with van der Waals surface area (Å²) in [5.74, 6) is 0. The van der Waals surface area contributed by atoms with Crippen LogP contribution in [0.25, 0.3) is 32.3 Å². The van der Waals surface area contributed by atoms with Crippen molar-refractivity contribution < 1.29 is 51.0 Å². The number of hydrogen-bond donors (Lipinski definition) is 0. The number of fused-ring (bicyclic) bond motifs is 4. The first-order chi connectivity index (χ1) is 10.9. The Kier molecular flexibility index (Phi) is 11.0. The van der Waals surface area contributed by atoms with Crippen LogP contribution in [0.4, 0.5) is 0 Å². The quantitative estimate of drug-likeness (QED) is 0.219. The van der Waals surface area contributed by atoms with E-state index in [-0.39, 0.29) is 62.0 Å². The summed E-state index contributed by atoms with van der Waals surface area (Å²) in [5.41, 5.74) is 0. The van der Waals surface area contributed by atoms with Gasteiger partial charge in [-0.15, -0.1) is 69.4 Å². The minimum atomic E-state index is 0. The zero-order valence-corrected chi connectivity index (χ0v) is 19.0. The van der Waals surface area contributed by atoms with E-state index >= 15 is 0 Å². The Hall–Kier alpha value is -1.18. The van der Waals surface area contributed by atoms with Gasteiger partial charge >= 0.3 is 26.2 Å². The molecule has 0 saturated carbocycles. The van der Waals surface area contributed by atoms with Gasteiger partial charge in [-0.05, 0) is 0 Å². The molecule has 0 saturated heterocycles. The van der Waals surface area contributed by atoms with E-state index in [1.54, 1.807) is 0 Å². The van der Waals surface area contributed by atoms with Crippen LogP contribution < -0.4 is 24.8 Å². The van der Waals surface area contributed by atoms with Crippen LogP contribution in [-0.4, -0.2) is 11.0 Å². The van der Waals surface area contributed by atoms with E-state index in [4.69, 9.17) is 0 Å². The molecule has 0 fully saturated rings. The molecule has 0 atom stereocenters. The summed E-state index contributed by atoms with van der Waals surface area (Å²) >= 11 is 0. The standard InChI is InChI=1S/C13H9.C9H7.2ClH.Si.Zr/c1-3-7-12-10(5-1)9-11-6-2-4-8-13(11)12;1-2-5-9-7-3-6-8(9)4-1;;;;/h1-9H;1-7H;2*1H;;/q2*-1;;;;+4/p-2. The average Bonchev–Trinajstić information content (AvgIpc) is 3.19. The molecule has 4 radical (unpaired) electrons. The van der Waals surface area contributed by atoms with Crippen molar-refractivity contribution in [3.8, 4) is 0 Å². The molecule has 0 spiro atoms. The molecule has 0 aliphatic heterocycles. The van der Waals surface area contributed by atoms with Crippen molar-refractivity contribution in [2.24, 2.45) is 0 Å². The van der Waals surface area contributed by atoms with Crippen LogP contribution in [0.15, 0.2) is 97.1 Å². The average molecular weight is 471 g/mol. The van der Waals surface area contributed by atoms with Gasteiger partial charge in [-0.1, -0.05) is 42.5 Å². The number of benzene rings is 3. The Bertz CT molecular complexity index is 969. The van der Waals surface area contributed by atoms with Crippen LogP contribution in [0.1, 0.15) is 0 Å². The van der Waals surface area contributed by atoms with E-state index in [2.05, 4.69) is 97.1 Å². The van der Waals surface area contributed by atoms with Gasteiger partial charge in [0.25, 0.3) is 0 Å². The van der Waals surface area contributed by atoms with E-state index < -0.39 is 0 Å². The molecule has 0 unspecified atom stereocenters. The molecule has 0 bridgehead atoms. The third kappa shape index (κ3) is 5.18. The molecular formula is C22H16Cl2SiZr. The first kappa shape index (κ1) is 24.8. The third-order valence-electron chi connectivity index (χ3n) is 4.07. The molecule has 0 heterocycles. The SMILES string of the molecule is [Cl-].[Cl-].[Si].[Zr+4].c1ccc2[cH-]ccc2c1.c1ccc2c(c1)[cH-]c1ccccc12. The second kappa shape index (κ2) is 11.5. The summed E-state index contributed by atoms with van der Waals surface area (Å²) < 4.78 is 0. The zero-order valence-electron chi connectivity index (χ0n) is 14.0. The van der Waals surface area contributed by atoms with Crippen LogP contribution in [0.2, 0.25) is 0 Å². The molecule has 26 heavy (non-hydrogen) atoms. The van der Waals surface area contributed by atoms with E-state index in [1.165, 1.54) is 32.3 Å². The molecule has 0 nitrogen and oxygen atoms in total. The molecule has 0 amide bonds. The molecule has 0 aliphatic carbocycles. The maximum absolute atomic E-state index is 2.24. The molecule has 0 aliphatic rings. The van der Waals surface area contributed by atoms with Gasteiger partial charge in [-0.25, -0.2) is 0 Å². The zero-order chi connectivity index (χ0) is 14.8. The van der Waals surface area contributed by atoms with Crippen LogP contribution in [0, 0.1) is 0 Å². The molecule has 5 rings (SSSR count). The predicted molar refractivity (Wildman–Crippen MR) is 102 cm³/mol. The maximum atomic E-state index is 2.24. The Morgan fingerprint density at radius 1 is 0.538 bits per heavy atom. The minimum absolute atomic E-state index is 0. The summed E-state index contributed by atoms with van der Waals surface area (Å²) in [6.07, 6.45) is 0. The van der Waals surface area contributed by atoms with Crippen molar-refractivity contribution in [2.75, 3.05) is 0 Å². The summed E-state index contributed by atoms with van der Waals surface area (Å²) in [6, 6.07) is 33.9. The van der Waals surface area contributed by atoms with Crippen molar-refractivity contribution in [1.29, 1.82) is 0 Å². The van der Waals surface area contributed by atoms with Gasteiger partial charge in [-0.2, -0.15) is 17.5 Å². The Morgan fingerprint density at radius 2 is 1.00 bits per heavy atom. The molecule has 0 aromatic heterocycles. The minimum Gasteiger partial charge on any atom is -1.00 e. The fraction of sp³-hybridized carbons (Fsp3) is 0. The molecule has 5 aromatic carbocycles. The van der Waals surface area contributed by atoms with Crippen molar-refractivity contribution >= 4 is 43.3 Å². The first-order valence-electron chi connectivity index (χ1n) is 7.55. The topological polar surface area (TPSA) is 0 Å². The third-order valence-corrected chi connectivity index (χ3v) is 4.07. The van der Waals surface area contributed by atoms with E-state index in [9.17, 15) is 0 Å². The van der Waals surface area contributed by atoms with Crippen molar-refractivity contribution in [3.05, 3.63) is 97.1 Å². The second-order valence-corrected chi connectivity index (χ2v) is 5.47. The summed E-state index contributed by atoms with van der Waals surface area (Å²) in [7, 11) is 0.